The quantitative estimate of drug-likeness (QED) is 0.455. The van der Waals surface area contributed by atoms with Crippen LogP contribution in [0.1, 0.15) is 84.8 Å². The number of carbonyl (C=O) groups excluding carboxylic acids is 1. The van der Waals surface area contributed by atoms with E-state index in [-0.39, 0.29) is 36.4 Å². The van der Waals surface area contributed by atoms with Gasteiger partial charge in [0.25, 0.3) is 0 Å². The Bertz CT molecular complexity index is 770. The molecule has 0 aromatic heterocycles. The molecular formula is C26H42BNO4. The second kappa shape index (κ2) is 10.3. The average molecular weight is 443 g/mol. The maximum atomic E-state index is 12.8. The minimum Gasteiger partial charge on any atom is -0.461 e. The van der Waals surface area contributed by atoms with Gasteiger partial charge in [0.2, 0.25) is 0 Å². The van der Waals surface area contributed by atoms with E-state index in [2.05, 4.69) is 72.0 Å². The molecule has 1 atom stereocenters. The van der Waals surface area contributed by atoms with Gasteiger partial charge in [-0.25, -0.2) is 0 Å². The Morgan fingerprint density at radius 3 is 2.38 bits per heavy atom. The molecule has 0 radical (unpaired) electrons. The molecule has 1 aliphatic carbocycles. The highest BCUT2D eigenvalue weighted by Crippen LogP contribution is 2.36. The van der Waals surface area contributed by atoms with Crippen molar-refractivity contribution in [2.24, 2.45) is 5.92 Å². The van der Waals surface area contributed by atoms with Crippen molar-refractivity contribution in [3.05, 3.63) is 29.3 Å². The zero-order valence-corrected chi connectivity index (χ0v) is 21.1. The minimum atomic E-state index is -0.359. The summed E-state index contributed by atoms with van der Waals surface area (Å²) in [4.78, 5) is 12.8. The van der Waals surface area contributed by atoms with E-state index in [0.29, 0.717) is 5.92 Å². The summed E-state index contributed by atoms with van der Waals surface area (Å²) < 4.78 is 18.2. The Morgan fingerprint density at radius 1 is 1.16 bits per heavy atom. The maximum absolute atomic E-state index is 12.8. The van der Waals surface area contributed by atoms with Crippen molar-refractivity contribution in [1.82, 2.24) is 5.32 Å². The van der Waals surface area contributed by atoms with Crippen LogP contribution in [-0.4, -0.2) is 43.0 Å². The third-order valence-electron chi connectivity index (χ3n) is 7.26. The fourth-order valence-corrected chi connectivity index (χ4v) is 4.45. The molecule has 2 aliphatic rings. The molecule has 0 bridgehead atoms. The summed E-state index contributed by atoms with van der Waals surface area (Å²) in [6, 6.07) is 6.17. The van der Waals surface area contributed by atoms with E-state index in [4.69, 9.17) is 14.0 Å². The molecule has 1 saturated heterocycles. The lowest BCUT2D eigenvalue weighted by Crippen LogP contribution is -2.41. The number of esters is 1. The lowest BCUT2D eigenvalue weighted by Gasteiger charge is -2.32. The van der Waals surface area contributed by atoms with Crippen molar-refractivity contribution in [3.63, 3.8) is 0 Å². The number of benzene rings is 1. The molecule has 32 heavy (non-hydrogen) atoms. The zero-order chi connectivity index (χ0) is 23.5. The summed E-state index contributed by atoms with van der Waals surface area (Å²) in [6.07, 6.45) is 6.08. The van der Waals surface area contributed by atoms with E-state index in [9.17, 15) is 4.79 Å². The van der Waals surface area contributed by atoms with Crippen molar-refractivity contribution in [2.75, 3.05) is 6.54 Å². The number of rotatable bonds is 9. The van der Waals surface area contributed by atoms with Crippen LogP contribution in [0.5, 0.6) is 0 Å². The molecule has 1 aromatic rings. The predicted molar refractivity (Wildman–Crippen MR) is 130 cm³/mol. The molecule has 1 saturated carbocycles. The summed E-state index contributed by atoms with van der Waals surface area (Å²) in [6.45, 7) is 15.5. The molecule has 1 heterocycles. The van der Waals surface area contributed by atoms with Crippen molar-refractivity contribution in [1.29, 1.82) is 0 Å². The average Bonchev–Trinajstić information content (AvgIpc) is 3.27. The highest BCUT2D eigenvalue weighted by atomic mass is 16.7. The number of hydrogen-bond acceptors (Lipinski definition) is 5. The van der Waals surface area contributed by atoms with Gasteiger partial charge in [0.05, 0.1) is 11.2 Å². The number of aryl methyl sites for hydroxylation is 1. The predicted octanol–water partition coefficient (Wildman–Crippen LogP) is 4.33. The van der Waals surface area contributed by atoms with Crippen LogP contribution in [0.4, 0.5) is 0 Å². The van der Waals surface area contributed by atoms with Gasteiger partial charge in [0.1, 0.15) is 12.1 Å². The Hall–Kier alpha value is -1.37. The molecule has 0 spiro atoms. The van der Waals surface area contributed by atoms with Crippen LogP contribution in [0.2, 0.25) is 0 Å². The highest BCUT2D eigenvalue weighted by molar-refractivity contribution is 6.62. The first-order valence-corrected chi connectivity index (χ1v) is 12.4. The van der Waals surface area contributed by atoms with Crippen molar-refractivity contribution in [3.8, 4) is 0 Å². The van der Waals surface area contributed by atoms with Crippen LogP contribution in [0, 0.1) is 12.8 Å². The molecule has 3 rings (SSSR count). The molecule has 178 valence electrons. The fourth-order valence-electron chi connectivity index (χ4n) is 4.45. The van der Waals surface area contributed by atoms with Gasteiger partial charge in [-0.05, 0) is 102 Å². The SMILES string of the molecule is Cc1ccc(B2OC(C)(C)C(C)(C)O2)cc1CCN[C@H](CC(C)C)C(=O)OC1CCCC1. The summed E-state index contributed by atoms with van der Waals surface area (Å²) >= 11 is 0. The number of carbonyl (C=O) groups is 1. The molecular weight excluding hydrogens is 401 g/mol. The molecule has 2 fully saturated rings. The summed E-state index contributed by atoms with van der Waals surface area (Å²) in [5, 5.41) is 3.48. The Labute approximate surface area is 195 Å². The second-order valence-corrected chi connectivity index (χ2v) is 11.0. The third kappa shape index (κ3) is 6.15. The van der Waals surface area contributed by atoms with Gasteiger partial charge in [-0.3, -0.25) is 4.79 Å². The first kappa shape index (κ1) is 25.3. The summed E-state index contributed by atoms with van der Waals surface area (Å²) in [7, 11) is -0.359. The highest BCUT2D eigenvalue weighted by Gasteiger charge is 2.51. The molecule has 6 heteroatoms. The van der Waals surface area contributed by atoms with Crippen molar-refractivity contribution >= 4 is 18.6 Å². The molecule has 1 aliphatic heterocycles. The minimum absolute atomic E-state index is 0.0895. The first-order chi connectivity index (χ1) is 15.0. The Morgan fingerprint density at radius 2 is 1.78 bits per heavy atom. The topological polar surface area (TPSA) is 56.8 Å². The summed E-state index contributed by atoms with van der Waals surface area (Å²) in [5.74, 6) is 0.338. The Kier molecular flexibility index (Phi) is 8.11. The first-order valence-electron chi connectivity index (χ1n) is 12.4. The van der Waals surface area contributed by atoms with E-state index >= 15 is 0 Å². The molecule has 5 nitrogen and oxygen atoms in total. The van der Waals surface area contributed by atoms with Crippen LogP contribution in [0.15, 0.2) is 18.2 Å². The van der Waals surface area contributed by atoms with Crippen LogP contribution >= 0.6 is 0 Å². The monoisotopic (exact) mass is 443 g/mol. The fraction of sp³-hybridized carbons (Fsp3) is 0.731. The van der Waals surface area contributed by atoms with Gasteiger partial charge >= 0.3 is 13.1 Å². The van der Waals surface area contributed by atoms with E-state index in [1.807, 2.05) is 0 Å². The van der Waals surface area contributed by atoms with E-state index in [0.717, 1.165) is 37.7 Å². The van der Waals surface area contributed by atoms with Gasteiger partial charge in [-0.2, -0.15) is 0 Å². The number of hydrogen-bond donors (Lipinski definition) is 1. The Balaban J connectivity index is 1.61. The molecule has 0 unspecified atom stereocenters. The molecule has 0 amide bonds. The van der Waals surface area contributed by atoms with E-state index < -0.39 is 0 Å². The molecule has 1 aromatic carbocycles. The third-order valence-corrected chi connectivity index (χ3v) is 7.26. The largest absolute Gasteiger partial charge is 0.494 e. The van der Waals surface area contributed by atoms with Gasteiger partial charge in [-0.1, -0.05) is 32.0 Å². The van der Waals surface area contributed by atoms with Crippen LogP contribution in [-0.2, 0) is 25.3 Å². The number of nitrogens with one attached hydrogen (secondary N) is 1. The zero-order valence-electron chi connectivity index (χ0n) is 21.1. The van der Waals surface area contributed by atoms with Gasteiger partial charge in [-0.15, -0.1) is 0 Å². The van der Waals surface area contributed by atoms with Crippen LogP contribution in [0.25, 0.3) is 0 Å². The lowest BCUT2D eigenvalue weighted by molar-refractivity contribution is -0.151. The van der Waals surface area contributed by atoms with Crippen molar-refractivity contribution in [2.45, 2.75) is 110 Å². The summed E-state index contributed by atoms with van der Waals surface area (Å²) in [5.41, 5.74) is 2.82. The normalized spacial score (nSPS) is 21.3. The lowest BCUT2D eigenvalue weighted by atomic mass is 9.77. The van der Waals surface area contributed by atoms with Crippen LogP contribution in [0.3, 0.4) is 0 Å². The van der Waals surface area contributed by atoms with Gasteiger partial charge in [0.15, 0.2) is 0 Å². The van der Waals surface area contributed by atoms with Gasteiger partial charge < -0.3 is 19.4 Å². The van der Waals surface area contributed by atoms with Gasteiger partial charge in [0, 0.05) is 0 Å². The van der Waals surface area contributed by atoms with Crippen molar-refractivity contribution < 1.29 is 18.8 Å². The number of ether oxygens (including phenoxy) is 1. The van der Waals surface area contributed by atoms with E-state index in [1.165, 1.54) is 24.0 Å². The van der Waals surface area contributed by atoms with Crippen LogP contribution < -0.4 is 10.8 Å². The maximum Gasteiger partial charge on any atom is 0.494 e. The second-order valence-electron chi connectivity index (χ2n) is 11.0. The standard InChI is InChI=1S/C26H42BNO4/c1-18(2)16-23(24(29)30-22-10-8-9-11-22)28-15-14-20-17-21(13-12-19(20)3)27-31-25(4,5)26(6,7)32-27/h12-13,17-18,22-23,28H,8-11,14-16H2,1-7H3/t23-/m1/s1. The van der Waals surface area contributed by atoms with E-state index in [1.54, 1.807) is 0 Å². The molecule has 1 N–H and O–H groups in total. The smallest absolute Gasteiger partial charge is 0.461 e.